The Bertz CT molecular complexity index is 505. The van der Waals surface area contributed by atoms with Crippen LogP contribution in [0.15, 0.2) is 30.3 Å². The molecule has 0 aromatic heterocycles. The van der Waals surface area contributed by atoms with Crippen LogP contribution >= 0.6 is 11.8 Å². The van der Waals surface area contributed by atoms with Crippen molar-refractivity contribution >= 4 is 23.4 Å². The van der Waals surface area contributed by atoms with Crippen LogP contribution in [-0.4, -0.2) is 61.2 Å². The summed E-state index contributed by atoms with van der Waals surface area (Å²) in [6, 6.07) is 10.5. The van der Waals surface area contributed by atoms with Gasteiger partial charge in [-0.05, 0) is 37.8 Å². The second kappa shape index (κ2) is 9.33. The van der Waals surface area contributed by atoms with E-state index in [1.54, 1.807) is 11.8 Å². The minimum Gasteiger partial charge on any atom is -0.377 e. The molecule has 2 aliphatic rings. The van der Waals surface area contributed by atoms with Crippen molar-refractivity contribution in [3.63, 3.8) is 0 Å². The van der Waals surface area contributed by atoms with Crippen molar-refractivity contribution in [3.8, 4) is 0 Å². The zero-order valence-electron chi connectivity index (χ0n) is 14.4. The van der Waals surface area contributed by atoms with Crippen molar-refractivity contribution in [2.45, 2.75) is 31.8 Å². The Kier molecular flexibility index (Phi) is 6.85. The third-order valence-corrected chi connectivity index (χ3v) is 5.83. The van der Waals surface area contributed by atoms with E-state index < -0.39 is 0 Å². The van der Waals surface area contributed by atoms with Gasteiger partial charge in [-0.25, -0.2) is 0 Å². The average molecular weight is 349 g/mol. The summed E-state index contributed by atoms with van der Waals surface area (Å²) in [5, 5.41) is 0. The second-order valence-electron chi connectivity index (χ2n) is 6.56. The molecule has 132 valence electrons. The molecule has 24 heavy (non-hydrogen) atoms. The fraction of sp³-hybridized carbons (Fsp3) is 0.632. The Morgan fingerprint density at radius 1 is 1.08 bits per heavy atom. The normalized spacial score (nSPS) is 22.2. The summed E-state index contributed by atoms with van der Waals surface area (Å²) in [6.45, 7) is 4.54. The van der Waals surface area contributed by atoms with Crippen LogP contribution < -0.4 is 4.90 Å². The van der Waals surface area contributed by atoms with E-state index in [0.717, 1.165) is 51.4 Å². The molecule has 0 saturated carbocycles. The first-order valence-corrected chi connectivity index (χ1v) is 10.3. The number of amides is 1. The first kappa shape index (κ1) is 17.6. The van der Waals surface area contributed by atoms with Crippen molar-refractivity contribution in [2.24, 2.45) is 0 Å². The Morgan fingerprint density at radius 2 is 1.96 bits per heavy atom. The van der Waals surface area contributed by atoms with Crippen LogP contribution in [0.2, 0.25) is 0 Å². The Morgan fingerprint density at radius 3 is 2.75 bits per heavy atom. The SMILES string of the molecule is O=C(CSC[C@H]1CCCCO1)N1CCCN(c2ccccc2)CC1. The molecule has 2 fully saturated rings. The summed E-state index contributed by atoms with van der Waals surface area (Å²) in [7, 11) is 0. The lowest BCUT2D eigenvalue weighted by Crippen LogP contribution is -2.36. The van der Waals surface area contributed by atoms with Gasteiger partial charge in [0.15, 0.2) is 0 Å². The van der Waals surface area contributed by atoms with E-state index in [2.05, 4.69) is 29.2 Å². The standard InChI is InChI=1S/C19H28N2O2S/c22-19(16-24-15-18-9-4-5-14-23-18)21-11-6-10-20(12-13-21)17-7-2-1-3-8-17/h1-3,7-8,18H,4-6,9-16H2/t18-/m1/s1. The Hall–Kier alpha value is -1.20. The summed E-state index contributed by atoms with van der Waals surface area (Å²) in [6.07, 6.45) is 5.00. The van der Waals surface area contributed by atoms with Gasteiger partial charge in [-0.15, -0.1) is 11.8 Å². The molecule has 1 aromatic rings. The van der Waals surface area contributed by atoms with Crippen LogP contribution in [0, 0.1) is 0 Å². The fourth-order valence-electron chi connectivity index (χ4n) is 3.37. The first-order chi connectivity index (χ1) is 11.8. The summed E-state index contributed by atoms with van der Waals surface area (Å²) in [5.41, 5.74) is 1.26. The number of carbonyl (C=O) groups is 1. The van der Waals surface area contributed by atoms with Crippen molar-refractivity contribution in [1.29, 1.82) is 0 Å². The number of hydrogen-bond donors (Lipinski definition) is 0. The lowest BCUT2D eigenvalue weighted by molar-refractivity contribution is -0.128. The lowest BCUT2D eigenvalue weighted by Gasteiger charge is -2.24. The molecule has 0 bridgehead atoms. The van der Waals surface area contributed by atoms with Crippen LogP contribution in [-0.2, 0) is 9.53 Å². The maximum absolute atomic E-state index is 12.5. The Balaban J connectivity index is 1.41. The minimum absolute atomic E-state index is 0.283. The first-order valence-electron chi connectivity index (χ1n) is 9.10. The molecule has 1 atom stereocenters. The third kappa shape index (κ3) is 5.15. The van der Waals surface area contributed by atoms with Crippen molar-refractivity contribution in [3.05, 3.63) is 30.3 Å². The topological polar surface area (TPSA) is 32.8 Å². The van der Waals surface area contributed by atoms with Gasteiger partial charge in [0.05, 0.1) is 11.9 Å². The number of hydrogen-bond acceptors (Lipinski definition) is 4. The highest BCUT2D eigenvalue weighted by Gasteiger charge is 2.20. The molecule has 0 unspecified atom stereocenters. The van der Waals surface area contributed by atoms with Gasteiger partial charge in [-0.3, -0.25) is 4.79 Å². The van der Waals surface area contributed by atoms with Gasteiger partial charge in [-0.1, -0.05) is 18.2 Å². The molecular weight excluding hydrogens is 320 g/mol. The Labute approximate surface area is 149 Å². The van der Waals surface area contributed by atoms with Gasteiger partial charge >= 0.3 is 0 Å². The third-order valence-electron chi connectivity index (χ3n) is 4.77. The number of nitrogens with zero attached hydrogens (tertiary/aromatic N) is 2. The van der Waals surface area contributed by atoms with Crippen molar-refractivity contribution in [1.82, 2.24) is 4.90 Å². The fourth-order valence-corrected chi connectivity index (χ4v) is 4.37. The number of carbonyl (C=O) groups excluding carboxylic acids is 1. The highest BCUT2D eigenvalue weighted by molar-refractivity contribution is 7.99. The van der Waals surface area contributed by atoms with Gasteiger partial charge in [0.2, 0.25) is 5.91 Å². The van der Waals surface area contributed by atoms with Crippen LogP contribution in [0.25, 0.3) is 0 Å². The molecule has 2 saturated heterocycles. The number of para-hydroxylation sites is 1. The quantitative estimate of drug-likeness (QED) is 0.819. The number of anilines is 1. The van der Waals surface area contributed by atoms with Gasteiger partial charge in [0.1, 0.15) is 0 Å². The molecule has 3 rings (SSSR count). The van der Waals surface area contributed by atoms with Crippen LogP contribution in [0.4, 0.5) is 5.69 Å². The maximum Gasteiger partial charge on any atom is 0.232 e. The van der Waals surface area contributed by atoms with E-state index in [4.69, 9.17) is 4.74 Å². The highest BCUT2D eigenvalue weighted by Crippen LogP contribution is 2.19. The van der Waals surface area contributed by atoms with Gasteiger partial charge < -0.3 is 14.5 Å². The minimum atomic E-state index is 0.283. The molecule has 1 aromatic carbocycles. The second-order valence-corrected chi connectivity index (χ2v) is 7.59. The predicted octanol–water partition coefficient (Wildman–Crippen LogP) is 3.03. The van der Waals surface area contributed by atoms with Gasteiger partial charge in [0, 0.05) is 44.2 Å². The molecule has 5 heteroatoms. The van der Waals surface area contributed by atoms with Gasteiger partial charge in [0.25, 0.3) is 0 Å². The zero-order valence-corrected chi connectivity index (χ0v) is 15.2. The molecule has 0 spiro atoms. The summed E-state index contributed by atoms with van der Waals surface area (Å²) in [5.74, 6) is 1.83. The van der Waals surface area contributed by atoms with E-state index in [9.17, 15) is 4.79 Å². The molecule has 0 N–H and O–H groups in total. The number of thioether (sulfide) groups is 1. The largest absolute Gasteiger partial charge is 0.377 e. The van der Waals surface area contributed by atoms with E-state index in [0.29, 0.717) is 11.9 Å². The highest BCUT2D eigenvalue weighted by atomic mass is 32.2. The average Bonchev–Trinajstić information content (AvgIpc) is 2.89. The zero-order chi connectivity index (χ0) is 16.6. The summed E-state index contributed by atoms with van der Waals surface area (Å²) in [4.78, 5) is 16.9. The summed E-state index contributed by atoms with van der Waals surface area (Å²) >= 11 is 1.74. The smallest absolute Gasteiger partial charge is 0.232 e. The number of benzene rings is 1. The van der Waals surface area contributed by atoms with Crippen molar-refractivity contribution in [2.75, 3.05) is 49.2 Å². The molecule has 0 radical (unpaired) electrons. The molecule has 0 aliphatic carbocycles. The molecule has 4 nitrogen and oxygen atoms in total. The van der Waals surface area contributed by atoms with E-state index >= 15 is 0 Å². The van der Waals surface area contributed by atoms with Crippen LogP contribution in [0.3, 0.4) is 0 Å². The van der Waals surface area contributed by atoms with E-state index in [1.165, 1.54) is 18.5 Å². The maximum atomic E-state index is 12.5. The number of rotatable bonds is 5. The van der Waals surface area contributed by atoms with Crippen LogP contribution in [0.1, 0.15) is 25.7 Å². The predicted molar refractivity (Wildman–Crippen MR) is 101 cm³/mol. The summed E-state index contributed by atoms with van der Waals surface area (Å²) < 4.78 is 5.74. The monoisotopic (exact) mass is 348 g/mol. The lowest BCUT2D eigenvalue weighted by atomic mass is 10.1. The molecular formula is C19H28N2O2S. The molecule has 1 amide bonds. The molecule has 2 heterocycles. The molecule has 2 aliphatic heterocycles. The number of ether oxygens (including phenoxy) is 1. The van der Waals surface area contributed by atoms with E-state index in [1.807, 2.05) is 11.0 Å². The van der Waals surface area contributed by atoms with Gasteiger partial charge in [-0.2, -0.15) is 0 Å². The van der Waals surface area contributed by atoms with E-state index in [-0.39, 0.29) is 5.91 Å². The van der Waals surface area contributed by atoms with Crippen LogP contribution in [0.5, 0.6) is 0 Å². The van der Waals surface area contributed by atoms with Crippen molar-refractivity contribution < 1.29 is 9.53 Å².